The Balaban J connectivity index is 2.20. The van der Waals surface area contributed by atoms with E-state index in [1.165, 1.54) is 18.3 Å². The number of pyridine rings is 1. The number of hydrogen-bond acceptors (Lipinski definition) is 6. The fourth-order valence-electron chi connectivity index (χ4n) is 3.06. The molecule has 1 saturated heterocycles. The summed E-state index contributed by atoms with van der Waals surface area (Å²) >= 11 is 0. The minimum absolute atomic E-state index is 0.0357. The van der Waals surface area contributed by atoms with Crippen molar-refractivity contribution in [3.8, 4) is 0 Å². The minimum atomic E-state index is -4.16. The van der Waals surface area contributed by atoms with Gasteiger partial charge in [0.25, 0.3) is 5.69 Å². The maximum absolute atomic E-state index is 13.0. The summed E-state index contributed by atoms with van der Waals surface area (Å²) < 4.78 is 27.1. The van der Waals surface area contributed by atoms with Gasteiger partial charge in [-0.1, -0.05) is 0 Å². The quantitative estimate of drug-likeness (QED) is 0.645. The molecule has 1 aliphatic heterocycles. The lowest BCUT2D eigenvalue weighted by Gasteiger charge is -2.32. The highest BCUT2D eigenvalue weighted by atomic mass is 32.2. The first-order chi connectivity index (χ1) is 11.8. The number of carbonyl (C=O) groups is 1. The van der Waals surface area contributed by atoms with Crippen LogP contribution < -0.4 is 0 Å². The average Bonchev–Trinajstić information content (AvgIpc) is 2.60. The molecule has 2 aromatic rings. The summed E-state index contributed by atoms with van der Waals surface area (Å²) in [7, 11) is -4.16. The second kappa shape index (κ2) is 6.37. The van der Waals surface area contributed by atoms with Crippen molar-refractivity contribution in [2.75, 3.05) is 6.54 Å². The third-order valence-electron chi connectivity index (χ3n) is 4.23. The van der Waals surface area contributed by atoms with Crippen LogP contribution in [-0.2, 0) is 14.8 Å². The third kappa shape index (κ3) is 2.94. The van der Waals surface area contributed by atoms with Crippen LogP contribution in [0, 0.1) is 10.1 Å². The molecule has 0 bridgehead atoms. The summed E-state index contributed by atoms with van der Waals surface area (Å²) in [5.74, 6) is -1.21. The molecule has 1 fully saturated rings. The number of nitro groups is 1. The van der Waals surface area contributed by atoms with E-state index in [4.69, 9.17) is 0 Å². The number of fused-ring (bicyclic) bond motifs is 1. The van der Waals surface area contributed by atoms with Crippen LogP contribution in [0.15, 0.2) is 35.4 Å². The molecule has 0 spiro atoms. The lowest BCUT2D eigenvalue weighted by Crippen LogP contribution is -2.47. The number of sulfonamides is 1. The Morgan fingerprint density at radius 3 is 2.76 bits per heavy atom. The maximum atomic E-state index is 13.0. The molecule has 3 rings (SSSR count). The molecule has 0 aliphatic carbocycles. The molecular weight excluding hydrogens is 350 g/mol. The van der Waals surface area contributed by atoms with Gasteiger partial charge in [0, 0.05) is 18.8 Å². The predicted octanol–water partition coefficient (Wildman–Crippen LogP) is 1.77. The number of hydrogen-bond donors (Lipinski definition) is 1. The highest BCUT2D eigenvalue weighted by Gasteiger charge is 2.39. The summed E-state index contributed by atoms with van der Waals surface area (Å²) in [5.41, 5.74) is -0.290. The van der Waals surface area contributed by atoms with Crippen molar-refractivity contribution in [3.05, 3.63) is 40.6 Å². The van der Waals surface area contributed by atoms with Crippen molar-refractivity contribution >= 4 is 32.6 Å². The second-order valence-corrected chi connectivity index (χ2v) is 7.56. The van der Waals surface area contributed by atoms with Crippen molar-refractivity contribution in [2.45, 2.75) is 30.2 Å². The van der Waals surface area contributed by atoms with Crippen LogP contribution in [0.3, 0.4) is 0 Å². The van der Waals surface area contributed by atoms with E-state index in [9.17, 15) is 28.4 Å². The van der Waals surface area contributed by atoms with Gasteiger partial charge in [0.15, 0.2) is 0 Å². The van der Waals surface area contributed by atoms with Crippen LogP contribution in [0.5, 0.6) is 0 Å². The van der Waals surface area contributed by atoms with Gasteiger partial charge in [-0.2, -0.15) is 4.31 Å². The Morgan fingerprint density at radius 1 is 1.32 bits per heavy atom. The van der Waals surface area contributed by atoms with Crippen molar-refractivity contribution < 1.29 is 23.2 Å². The van der Waals surface area contributed by atoms with Crippen LogP contribution in [0.1, 0.15) is 19.3 Å². The zero-order chi connectivity index (χ0) is 18.2. The zero-order valence-corrected chi connectivity index (χ0v) is 13.8. The van der Waals surface area contributed by atoms with E-state index >= 15 is 0 Å². The smallest absolute Gasteiger partial charge is 0.322 e. The van der Waals surface area contributed by atoms with Crippen LogP contribution in [-0.4, -0.2) is 46.3 Å². The van der Waals surface area contributed by atoms with E-state index in [0.717, 1.165) is 16.4 Å². The van der Waals surface area contributed by atoms with Gasteiger partial charge in [-0.05, 0) is 37.5 Å². The number of non-ortho nitro benzene ring substituents is 1. The summed E-state index contributed by atoms with van der Waals surface area (Å²) in [4.78, 5) is 25.8. The number of carboxylic acids is 1. The maximum Gasteiger partial charge on any atom is 0.322 e. The Kier molecular flexibility index (Phi) is 4.39. The molecule has 0 radical (unpaired) electrons. The number of rotatable bonds is 4. The number of aliphatic carboxylic acids is 1. The Bertz CT molecular complexity index is 959. The molecule has 1 N–H and O–H groups in total. The van der Waals surface area contributed by atoms with E-state index in [2.05, 4.69) is 4.98 Å². The zero-order valence-electron chi connectivity index (χ0n) is 13.0. The van der Waals surface area contributed by atoms with Crippen molar-refractivity contribution in [3.63, 3.8) is 0 Å². The largest absolute Gasteiger partial charge is 0.480 e. The Labute approximate surface area is 143 Å². The van der Waals surface area contributed by atoms with Crippen molar-refractivity contribution in [2.24, 2.45) is 0 Å². The van der Waals surface area contributed by atoms with Gasteiger partial charge in [0.2, 0.25) is 10.0 Å². The first kappa shape index (κ1) is 17.2. The number of nitro benzene ring substituents is 1. The molecule has 0 amide bonds. The number of nitrogens with zero attached hydrogens (tertiary/aromatic N) is 3. The van der Waals surface area contributed by atoms with Gasteiger partial charge in [-0.15, -0.1) is 0 Å². The second-order valence-electron chi connectivity index (χ2n) is 5.71. The molecule has 9 nitrogen and oxygen atoms in total. The summed E-state index contributed by atoms with van der Waals surface area (Å²) in [5, 5.41) is 20.6. The number of benzene rings is 1. The fourth-order valence-corrected chi connectivity index (χ4v) is 4.86. The van der Waals surface area contributed by atoms with E-state index in [-0.39, 0.29) is 34.5 Å². The number of aromatic nitrogens is 1. The lowest BCUT2D eigenvalue weighted by atomic mass is 10.1. The monoisotopic (exact) mass is 365 g/mol. The molecule has 1 aromatic heterocycles. The van der Waals surface area contributed by atoms with Crippen LogP contribution in [0.2, 0.25) is 0 Å². The van der Waals surface area contributed by atoms with E-state index in [1.807, 2.05) is 0 Å². The standard InChI is InChI=1S/C15H15N3O6S/c19-15(20)12-5-1-2-9-17(12)25(23,24)13-7-6-11(18(21)22)10-4-3-8-16-14(10)13/h3-4,6-8,12H,1-2,5,9H2,(H,19,20). The van der Waals surface area contributed by atoms with Crippen molar-refractivity contribution in [1.29, 1.82) is 0 Å². The third-order valence-corrected chi connectivity index (χ3v) is 6.17. The first-order valence-electron chi connectivity index (χ1n) is 7.61. The topological polar surface area (TPSA) is 131 Å². The van der Waals surface area contributed by atoms with Crippen LogP contribution in [0.4, 0.5) is 5.69 Å². The van der Waals surface area contributed by atoms with E-state index in [1.54, 1.807) is 0 Å². The molecule has 1 aromatic carbocycles. The van der Waals surface area contributed by atoms with Crippen LogP contribution in [0.25, 0.3) is 10.9 Å². The van der Waals surface area contributed by atoms with Gasteiger partial charge < -0.3 is 5.11 Å². The number of carboxylic acid groups (broad SMARTS) is 1. The highest BCUT2D eigenvalue weighted by Crippen LogP contribution is 2.33. The summed E-state index contributed by atoms with van der Waals surface area (Å²) in [6.45, 7) is 0.0879. The first-order valence-corrected chi connectivity index (χ1v) is 9.05. The molecule has 25 heavy (non-hydrogen) atoms. The molecule has 1 aliphatic rings. The normalized spacial score (nSPS) is 19.0. The minimum Gasteiger partial charge on any atom is -0.480 e. The number of piperidine rings is 1. The molecule has 0 saturated carbocycles. The summed E-state index contributed by atoms with van der Waals surface area (Å²) in [6.07, 6.45) is 2.76. The Morgan fingerprint density at radius 2 is 2.08 bits per heavy atom. The SMILES string of the molecule is O=C(O)C1CCCCN1S(=O)(=O)c1ccc([N+](=O)[O-])c2cccnc12. The van der Waals surface area contributed by atoms with Gasteiger partial charge >= 0.3 is 5.97 Å². The molecular formula is C15H15N3O6S. The lowest BCUT2D eigenvalue weighted by molar-refractivity contribution is -0.383. The molecule has 2 heterocycles. The average molecular weight is 365 g/mol. The van der Waals surface area contributed by atoms with Gasteiger partial charge in [-0.3, -0.25) is 19.9 Å². The fraction of sp³-hybridized carbons (Fsp3) is 0.333. The molecule has 1 unspecified atom stereocenters. The summed E-state index contributed by atoms with van der Waals surface area (Å²) in [6, 6.07) is 3.98. The van der Waals surface area contributed by atoms with Gasteiger partial charge in [-0.25, -0.2) is 8.42 Å². The Hall–Kier alpha value is -2.59. The molecule has 1 atom stereocenters. The van der Waals surface area contributed by atoms with E-state index in [0.29, 0.717) is 12.8 Å². The molecule has 132 valence electrons. The predicted molar refractivity (Wildman–Crippen MR) is 87.6 cm³/mol. The van der Waals surface area contributed by atoms with Gasteiger partial charge in [0.1, 0.15) is 10.9 Å². The van der Waals surface area contributed by atoms with E-state index < -0.39 is 27.0 Å². The van der Waals surface area contributed by atoms with Gasteiger partial charge in [0.05, 0.1) is 15.8 Å². The van der Waals surface area contributed by atoms with Crippen molar-refractivity contribution in [1.82, 2.24) is 9.29 Å². The van der Waals surface area contributed by atoms with Crippen LogP contribution >= 0.6 is 0 Å². The highest BCUT2D eigenvalue weighted by molar-refractivity contribution is 7.89. The molecule has 10 heteroatoms.